The highest BCUT2D eigenvalue weighted by molar-refractivity contribution is 6.09. The van der Waals surface area contributed by atoms with Gasteiger partial charge in [0.1, 0.15) is 11.6 Å². The smallest absolute Gasteiger partial charge is 0.140 e. The molecule has 0 aliphatic carbocycles. The lowest BCUT2D eigenvalue weighted by Crippen LogP contribution is -2.13. The van der Waals surface area contributed by atoms with Crippen molar-refractivity contribution in [2.75, 3.05) is 4.90 Å². The minimum atomic E-state index is 0.893. The molecule has 0 spiro atoms. The number of nitrogens with zero attached hydrogens (tertiary/aromatic N) is 3. The second-order valence-electron chi connectivity index (χ2n) is 8.24. The maximum Gasteiger partial charge on any atom is 0.140 e. The fourth-order valence-electron chi connectivity index (χ4n) is 4.60. The summed E-state index contributed by atoms with van der Waals surface area (Å²) in [5.41, 5.74) is 5.64. The third kappa shape index (κ3) is 3.35. The van der Waals surface area contributed by atoms with E-state index < -0.39 is 0 Å². The summed E-state index contributed by atoms with van der Waals surface area (Å²) in [5, 5.41) is 2.47. The lowest BCUT2D eigenvalue weighted by molar-refractivity contribution is 1.05. The van der Waals surface area contributed by atoms with Crippen molar-refractivity contribution < 1.29 is 0 Å². The van der Waals surface area contributed by atoms with Crippen LogP contribution < -0.4 is 4.90 Å². The molecule has 4 aromatic carbocycles. The van der Waals surface area contributed by atoms with Gasteiger partial charge in [-0.2, -0.15) is 0 Å². The number of pyridine rings is 1. The van der Waals surface area contributed by atoms with Gasteiger partial charge in [0.15, 0.2) is 0 Å². The van der Waals surface area contributed by atoms with E-state index >= 15 is 0 Å². The average molecular weight is 426 g/mol. The fourth-order valence-corrected chi connectivity index (χ4v) is 4.60. The van der Waals surface area contributed by atoms with Gasteiger partial charge in [-0.05, 0) is 61.0 Å². The maximum atomic E-state index is 5.22. The van der Waals surface area contributed by atoms with Crippen LogP contribution in [0, 0.1) is 6.92 Å². The zero-order chi connectivity index (χ0) is 22.2. The number of hydrogen-bond donors (Lipinski definition) is 0. The van der Waals surface area contributed by atoms with Gasteiger partial charge in [-0.3, -0.25) is 9.47 Å². The van der Waals surface area contributed by atoms with Crippen LogP contribution in [0.2, 0.25) is 0 Å². The summed E-state index contributed by atoms with van der Waals surface area (Å²) < 4.78 is 2.27. The minimum Gasteiger partial charge on any atom is -0.295 e. The summed E-state index contributed by atoms with van der Waals surface area (Å²) in [6.07, 6.45) is 0. The maximum absolute atomic E-state index is 5.22. The van der Waals surface area contributed by atoms with Gasteiger partial charge < -0.3 is 0 Å². The van der Waals surface area contributed by atoms with Crippen molar-refractivity contribution in [3.8, 4) is 5.82 Å². The molecule has 0 radical (unpaired) electrons. The first-order valence-corrected chi connectivity index (χ1v) is 11.2. The summed E-state index contributed by atoms with van der Waals surface area (Å²) in [4.78, 5) is 7.43. The van der Waals surface area contributed by atoms with Gasteiger partial charge in [-0.1, -0.05) is 72.8 Å². The topological polar surface area (TPSA) is 21.1 Å². The monoisotopic (exact) mass is 425 g/mol. The zero-order valence-corrected chi connectivity index (χ0v) is 18.4. The van der Waals surface area contributed by atoms with Crippen LogP contribution in [0.25, 0.3) is 27.6 Å². The molecule has 158 valence electrons. The highest BCUT2D eigenvalue weighted by Gasteiger charge is 2.17. The second kappa shape index (κ2) is 7.95. The molecule has 3 nitrogen and oxygen atoms in total. The molecule has 2 aromatic heterocycles. The highest BCUT2D eigenvalue weighted by atomic mass is 15.2. The summed E-state index contributed by atoms with van der Waals surface area (Å²) in [6.45, 7) is 2.14. The number of anilines is 3. The Labute approximate surface area is 193 Å². The zero-order valence-electron chi connectivity index (χ0n) is 18.4. The Bertz CT molecular complexity index is 1470. The fraction of sp³-hybridized carbons (Fsp3) is 0.0333. The molecule has 3 heteroatoms. The summed E-state index contributed by atoms with van der Waals surface area (Å²) in [5.74, 6) is 1.81. The average Bonchev–Trinajstić information content (AvgIpc) is 3.20. The lowest BCUT2D eigenvalue weighted by atomic mass is 10.2. The van der Waals surface area contributed by atoms with Gasteiger partial charge in [0, 0.05) is 22.1 Å². The van der Waals surface area contributed by atoms with Crippen molar-refractivity contribution in [1.82, 2.24) is 9.55 Å². The predicted molar refractivity (Wildman–Crippen MR) is 138 cm³/mol. The standard InChI is InChI=1S/C30H23N3/c1-22-20-29(32(23-12-4-2-5-13-23)24-14-6-3-7-15-24)31-30(21-22)33-27-18-10-8-16-25(27)26-17-9-11-19-28(26)33/h2-21H,1H3. The molecule has 0 bridgehead atoms. The summed E-state index contributed by atoms with van der Waals surface area (Å²) in [6, 6.07) is 42.2. The van der Waals surface area contributed by atoms with Crippen LogP contribution in [0.4, 0.5) is 17.2 Å². The van der Waals surface area contributed by atoms with E-state index in [1.165, 1.54) is 10.8 Å². The summed E-state index contributed by atoms with van der Waals surface area (Å²) >= 11 is 0. The Morgan fingerprint density at radius 1 is 0.576 bits per heavy atom. The minimum absolute atomic E-state index is 0.893. The van der Waals surface area contributed by atoms with E-state index in [4.69, 9.17) is 4.98 Å². The molecule has 0 N–H and O–H groups in total. The molecular weight excluding hydrogens is 402 g/mol. The Balaban J connectivity index is 1.62. The molecule has 33 heavy (non-hydrogen) atoms. The van der Waals surface area contributed by atoms with Crippen LogP contribution >= 0.6 is 0 Å². The number of rotatable bonds is 4. The van der Waals surface area contributed by atoms with Crippen LogP contribution in [0.1, 0.15) is 5.56 Å². The Kier molecular flexibility index (Phi) is 4.66. The third-order valence-corrected chi connectivity index (χ3v) is 6.01. The molecule has 0 amide bonds. The molecule has 0 saturated heterocycles. The lowest BCUT2D eigenvalue weighted by Gasteiger charge is -2.25. The van der Waals surface area contributed by atoms with Gasteiger partial charge in [-0.25, -0.2) is 4.98 Å². The Morgan fingerprint density at radius 2 is 1.06 bits per heavy atom. The van der Waals surface area contributed by atoms with Crippen molar-refractivity contribution in [2.24, 2.45) is 0 Å². The van der Waals surface area contributed by atoms with Crippen LogP contribution in [-0.2, 0) is 0 Å². The van der Waals surface area contributed by atoms with Gasteiger partial charge >= 0.3 is 0 Å². The normalized spacial score (nSPS) is 11.2. The highest BCUT2D eigenvalue weighted by Crippen LogP contribution is 2.36. The molecule has 0 aliphatic rings. The van der Waals surface area contributed by atoms with E-state index in [-0.39, 0.29) is 0 Å². The van der Waals surface area contributed by atoms with E-state index in [1.54, 1.807) is 0 Å². The van der Waals surface area contributed by atoms with E-state index in [0.717, 1.165) is 39.6 Å². The molecule has 0 atom stereocenters. The predicted octanol–water partition coefficient (Wildman–Crippen LogP) is 7.96. The number of fused-ring (bicyclic) bond motifs is 3. The van der Waals surface area contributed by atoms with Crippen molar-refractivity contribution in [1.29, 1.82) is 0 Å². The first kappa shape index (κ1) is 19.3. The van der Waals surface area contributed by atoms with E-state index in [1.807, 2.05) is 12.1 Å². The molecule has 2 heterocycles. The third-order valence-electron chi connectivity index (χ3n) is 6.01. The number of aryl methyl sites for hydroxylation is 1. The molecule has 0 fully saturated rings. The van der Waals surface area contributed by atoms with Gasteiger partial charge in [0.25, 0.3) is 0 Å². The van der Waals surface area contributed by atoms with Crippen molar-refractivity contribution in [3.63, 3.8) is 0 Å². The summed E-state index contributed by atoms with van der Waals surface area (Å²) in [7, 11) is 0. The second-order valence-corrected chi connectivity index (χ2v) is 8.24. The number of benzene rings is 4. The Morgan fingerprint density at radius 3 is 1.61 bits per heavy atom. The Hall–Kier alpha value is -4.37. The van der Waals surface area contributed by atoms with Crippen molar-refractivity contribution in [2.45, 2.75) is 6.92 Å². The van der Waals surface area contributed by atoms with Gasteiger partial charge in [0.2, 0.25) is 0 Å². The first-order chi connectivity index (χ1) is 16.3. The molecule has 0 saturated carbocycles. The SMILES string of the molecule is Cc1cc(N(c2ccccc2)c2ccccc2)nc(-n2c3ccccc3c3ccccc32)c1. The molecule has 6 rings (SSSR count). The van der Waals surface area contributed by atoms with Crippen LogP contribution in [0.3, 0.4) is 0 Å². The number of hydrogen-bond acceptors (Lipinski definition) is 2. The van der Waals surface area contributed by atoms with Crippen molar-refractivity contribution in [3.05, 3.63) is 127 Å². The van der Waals surface area contributed by atoms with Gasteiger partial charge in [0.05, 0.1) is 11.0 Å². The molecule has 0 unspecified atom stereocenters. The van der Waals surface area contributed by atoms with Crippen LogP contribution in [0.15, 0.2) is 121 Å². The van der Waals surface area contributed by atoms with Crippen LogP contribution in [0.5, 0.6) is 0 Å². The number of aromatic nitrogens is 2. The quantitative estimate of drug-likeness (QED) is 0.286. The first-order valence-electron chi connectivity index (χ1n) is 11.2. The number of para-hydroxylation sites is 4. The van der Waals surface area contributed by atoms with E-state index in [9.17, 15) is 0 Å². The molecular formula is C30H23N3. The van der Waals surface area contributed by atoms with E-state index in [0.29, 0.717) is 0 Å². The molecule has 0 aliphatic heterocycles. The molecule has 6 aromatic rings. The van der Waals surface area contributed by atoms with E-state index in [2.05, 4.69) is 126 Å². The van der Waals surface area contributed by atoms with Crippen LogP contribution in [-0.4, -0.2) is 9.55 Å². The van der Waals surface area contributed by atoms with Crippen molar-refractivity contribution >= 4 is 39.0 Å². The largest absolute Gasteiger partial charge is 0.295 e. The van der Waals surface area contributed by atoms with Gasteiger partial charge in [-0.15, -0.1) is 0 Å².